The van der Waals surface area contributed by atoms with Gasteiger partial charge >= 0.3 is 0 Å². The van der Waals surface area contributed by atoms with Crippen molar-refractivity contribution >= 4 is 65.3 Å². The number of aryl methyl sites for hydroxylation is 2. The van der Waals surface area contributed by atoms with Gasteiger partial charge in [-0.2, -0.15) is 0 Å². The Morgan fingerprint density at radius 3 is 2.35 bits per heavy atom. The number of hydrogen-bond acceptors (Lipinski definition) is 2. The maximum Gasteiger partial charge on any atom is 0.189 e. The lowest BCUT2D eigenvalue weighted by Crippen LogP contribution is -2.00. The highest BCUT2D eigenvalue weighted by atomic mass is 79.9. The van der Waals surface area contributed by atoms with E-state index < -0.39 is 0 Å². The van der Waals surface area contributed by atoms with Gasteiger partial charge in [0.05, 0.1) is 16.1 Å². The molecule has 0 amide bonds. The van der Waals surface area contributed by atoms with Crippen LogP contribution in [0.25, 0.3) is 21.8 Å². The molecule has 4 aromatic rings. The molecule has 0 bridgehead atoms. The van der Waals surface area contributed by atoms with Crippen LogP contribution in [0.15, 0.2) is 62.5 Å². The number of pyridine rings is 2. The van der Waals surface area contributed by atoms with E-state index in [1.807, 2.05) is 38.1 Å². The summed E-state index contributed by atoms with van der Waals surface area (Å²) in [4.78, 5) is 18.8. The van der Waals surface area contributed by atoms with Crippen molar-refractivity contribution in [2.45, 2.75) is 13.8 Å². The van der Waals surface area contributed by atoms with Crippen LogP contribution in [0.3, 0.4) is 0 Å². The van der Waals surface area contributed by atoms with Gasteiger partial charge in [-0.25, -0.2) is 0 Å². The summed E-state index contributed by atoms with van der Waals surface area (Å²) < 4.78 is 1.97. The molecule has 4 rings (SSSR count). The van der Waals surface area contributed by atoms with Crippen LogP contribution in [0.4, 0.5) is 0 Å². The Labute approximate surface area is 172 Å². The molecular weight excluding hydrogens is 479 g/mol. The predicted octanol–water partition coefficient (Wildman–Crippen LogP) is 6.56. The number of aromatic nitrogens is 2. The molecule has 26 heavy (non-hydrogen) atoms. The smallest absolute Gasteiger partial charge is 0.189 e. The summed E-state index contributed by atoms with van der Waals surface area (Å²) in [6.45, 7) is 4.00. The van der Waals surface area contributed by atoms with Crippen molar-refractivity contribution in [1.29, 1.82) is 0 Å². The minimum absolute atomic E-state index is 0.0538. The minimum atomic E-state index is 0.0538. The van der Waals surface area contributed by atoms with Crippen molar-refractivity contribution in [3.8, 4) is 0 Å². The summed E-state index contributed by atoms with van der Waals surface area (Å²) in [6, 6.07) is 11.2. The average Bonchev–Trinajstić information content (AvgIpc) is 2.57. The number of fused-ring (bicyclic) bond motifs is 2. The second-order valence-electron chi connectivity index (χ2n) is 5.90. The van der Waals surface area contributed by atoms with Gasteiger partial charge in [0, 0.05) is 38.2 Å². The van der Waals surface area contributed by atoms with Crippen molar-refractivity contribution in [3.63, 3.8) is 0 Å². The predicted molar refractivity (Wildman–Crippen MR) is 116 cm³/mol. The van der Waals surface area contributed by atoms with Crippen LogP contribution < -0.4 is 5.43 Å². The molecule has 0 aliphatic rings. The fourth-order valence-electron chi connectivity index (χ4n) is 2.78. The van der Waals surface area contributed by atoms with Crippen LogP contribution in [-0.2, 0) is 0 Å². The molecule has 0 spiro atoms. The molecule has 0 saturated heterocycles. The minimum Gasteiger partial charge on any atom is -0.361 e. The Morgan fingerprint density at radius 1 is 0.962 bits per heavy atom. The SMILES string of the molecule is Cc1cc(Br)cc2c(=O)cc[nH]c12.Cc1cc(Br)cc2c(Cl)ccnc12. The van der Waals surface area contributed by atoms with Gasteiger partial charge in [-0.05, 0) is 55.3 Å². The first kappa shape index (κ1) is 19.1. The number of hydrogen-bond donors (Lipinski definition) is 1. The van der Waals surface area contributed by atoms with E-state index in [-0.39, 0.29) is 5.43 Å². The molecule has 0 saturated carbocycles. The van der Waals surface area contributed by atoms with E-state index in [0.29, 0.717) is 0 Å². The Kier molecular flexibility index (Phi) is 5.80. The number of halogens is 3. The number of aromatic amines is 1. The topological polar surface area (TPSA) is 45.8 Å². The van der Waals surface area contributed by atoms with E-state index in [2.05, 4.69) is 41.8 Å². The molecule has 0 fully saturated rings. The molecule has 6 heteroatoms. The Morgan fingerprint density at radius 2 is 1.62 bits per heavy atom. The highest BCUT2D eigenvalue weighted by molar-refractivity contribution is 9.10. The van der Waals surface area contributed by atoms with Crippen molar-refractivity contribution in [2.75, 3.05) is 0 Å². The number of H-pyrrole nitrogens is 1. The van der Waals surface area contributed by atoms with Crippen molar-refractivity contribution in [3.05, 3.63) is 84.1 Å². The van der Waals surface area contributed by atoms with E-state index in [0.717, 1.165) is 46.9 Å². The molecule has 2 aromatic carbocycles. The van der Waals surface area contributed by atoms with Crippen LogP contribution in [0, 0.1) is 13.8 Å². The molecule has 0 unspecified atom stereocenters. The molecule has 0 aliphatic heterocycles. The molecule has 0 atom stereocenters. The van der Waals surface area contributed by atoms with E-state index in [9.17, 15) is 4.79 Å². The van der Waals surface area contributed by atoms with Crippen molar-refractivity contribution < 1.29 is 0 Å². The van der Waals surface area contributed by atoms with Crippen LogP contribution in [0.1, 0.15) is 11.1 Å². The zero-order chi connectivity index (χ0) is 18.8. The van der Waals surface area contributed by atoms with E-state index in [4.69, 9.17) is 11.6 Å². The van der Waals surface area contributed by atoms with Crippen LogP contribution in [0.5, 0.6) is 0 Å². The summed E-state index contributed by atoms with van der Waals surface area (Å²) in [5.41, 5.74) is 4.14. The second kappa shape index (κ2) is 7.91. The lowest BCUT2D eigenvalue weighted by molar-refractivity contribution is 1.34. The van der Waals surface area contributed by atoms with Gasteiger partial charge in [-0.1, -0.05) is 43.5 Å². The molecule has 132 valence electrons. The van der Waals surface area contributed by atoms with Crippen molar-refractivity contribution in [2.24, 2.45) is 0 Å². The molecular formula is C20H15Br2ClN2O. The third-order valence-electron chi connectivity index (χ3n) is 3.98. The summed E-state index contributed by atoms with van der Waals surface area (Å²) in [5.74, 6) is 0. The normalized spacial score (nSPS) is 10.7. The maximum atomic E-state index is 11.4. The van der Waals surface area contributed by atoms with Gasteiger partial charge < -0.3 is 4.98 Å². The molecule has 0 aliphatic carbocycles. The van der Waals surface area contributed by atoms with Gasteiger partial charge in [0.2, 0.25) is 0 Å². The summed E-state index contributed by atoms with van der Waals surface area (Å²) in [7, 11) is 0. The lowest BCUT2D eigenvalue weighted by atomic mass is 10.1. The molecule has 3 nitrogen and oxygen atoms in total. The Balaban J connectivity index is 0.000000151. The van der Waals surface area contributed by atoms with Crippen LogP contribution >= 0.6 is 43.5 Å². The first-order valence-electron chi connectivity index (χ1n) is 7.84. The van der Waals surface area contributed by atoms with Gasteiger partial charge in [0.25, 0.3) is 0 Å². The zero-order valence-electron chi connectivity index (χ0n) is 14.1. The van der Waals surface area contributed by atoms with E-state index in [1.54, 1.807) is 18.5 Å². The Hall–Kier alpha value is -1.69. The maximum absolute atomic E-state index is 11.4. The fraction of sp³-hybridized carbons (Fsp3) is 0.100. The zero-order valence-corrected chi connectivity index (χ0v) is 18.0. The Bertz CT molecular complexity index is 1170. The summed E-state index contributed by atoms with van der Waals surface area (Å²) in [6.07, 6.45) is 3.40. The van der Waals surface area contributed by atoms with Gasteiger partial charge in [-0.15, -0.1) is 0 Å². The fourth-order valence-corrected chi connectivity index (χ4v) is 4.12. The summed E-state index contributed by atoms with van der Waals surface area (Å²) >= 11 is 12.8. The monoisotopic (exact) mass is 492 g/mol. The molecule has 2 heterocycles. The summed E-state index contributed by atoms with van der Waals surface area (Å²) in [5, 5.41) is 2.47. The third kappa shape index (κ3) is 4.00. The number of nitrogens with one attached hydrogen (secondary N) is 1. The number of nitrogens with zero attached hydrogens (tertiary/aromatic N) is 1. The number of benzene rings is 2. The van der Waals surface area contributed by atoms with Crippen molar-refractivity contribution in [1.82, 2.24) is 9.97 Å². The van der Waals surface area contributed by atoms with Gasteiger partial charge in [0.1, 0.15) is 0 Å². The molecule has 0 radical (unpaired) electrons. The second-order valence-corrected chi connectivity index (χ2v) is 8.14. The first-order chi connectivity index (χ1) is 12.4. The molecule has 2 aromatic heterocycles. The average molecular weight is 495 g/mol. The highest BCUT2D eigenvalue weighted by Gasteiger charge is 2.03. The van der Waals surface area contributed by atoms with Gasteiger partial charge in [-0.3, -0.25) is 9.78 Å². The standard InChI is InChI=1S/C10H7BrClN.C10H8BrNO/c1-6-4-7(11)5-8-9(12)2-3-13-10(6)8;1-6-4-7(11)5-8-9(13)2-3-12-10(6)8/h2-5H,1H3;2-5H,1H3,(H,12,13). The number of rotatable bonds is 0. The van der Waals surface area contributed by atoms with Gasteiger partial charge in [0.15, 0.2) is 5.43 Å². The third-order valence-corrected chi connectivity index (χ3v) is 5.22. The van der Waals surface area contributed by atoms with Crippen LogP contribution in [0.2, 0.25) is 5.02 Å². The largest absolute Gasteiger partial charge is 0.361 e. The highest BCUT2D eigenvalue weighted by Crippen LogP contribution is 2.27. The lowest BCUT2D eigenvalue weighted by Gasteiger charge is -2.03. The molecule has 1 N–H and O–H groups in total. The van der Waals surface area contributed by atoms with E-state index >= 15 is 0 Å². The first-order valence-corrected chi connectivity index (χ1v) is 9.81. The van der Waals surface area contributed by atoms with Crippen LogP contribution in [-0.4, -0.2) is 9.97 Å². The quantitative estimate of drug-likeness (QED) is 0.301. The van der Waals surface area contributed by atoms with E-state index in [1.165, 1.54) is 6.07 Å².